The number of ether oxygens (including phenoxy) is 2. The van der Waals surface area contributed by atoms with Crippen molar-refractivity contribution in [1.82, 2.24) is 5.32 Å². The van der Waals surface area contributed by atoms with Crippen LogP contribution in [-0.2, 0) is 19.1 Å². The maximum absolute atomic E-state index is 12.4. The first-order valence-corrected chi connectivity index (χ1v) is 8.00. The smallest absolute Gasteiger partial charge is 0.328 e. The highest BCUT2D eigenvalue weighted by molar-refractivity contribution is 5.78. The molecule has 1 atom stereocenters. The van der Waals surface area contributed by atoms with Gasteiger partial charge in [0, 0.05) is 6.42 Å². The van der Waals surface area contributed by atoms with Crippen molar-refractivity contribution in [3.8, 4) is 0 Å². The molecule has 0 heterocycles. The number of esters is 2. The van der Waals surface area contributed by atoms with Crippen LogP contribution in [-0.4, -0.2) is 30.7 Å². The summed E-state index contributed by atoms with van der Waals surface area (Å²) in [5.74, 6) is -0.539. The molecule has 0 aliphatic rings. The molecular weight excluding hydrogens is 294 g/mol. The third kappa shape index (κ3) is 7.79. The Morgan fingerprint density at radius 1 is 1.17 bits per heavy atom. The van der Waals surface area contributed by atoms with Crippen LogP contribution in [0, 0.1) is 0 Å². The van der Waals surface area contributed by atoms with Gasteiger partial charge in [0.15, 0.2) is 0 Å². The van der Waals surface area contributed by atoms with E-state index in [0.717, 1.165) is 5.56 Å². The molecule has 0 amide bonds. The van der Waals surface area contributed by atoms with Crippen molar-refractivity contribution in [2.45, 2.75) is 52.2 Å². The average Bonchev–Trinajstić information content (AvgIpc) is 2.46. The normalized spacial score (nSPS) is 12.5. The van der Waals surface area contributed by atoms with Gasteiger partial charge in [-0.1, -0.05) is 30.3 Å². The van der Waals surface area contributed by atoms with Gasteiger partial charge in [0.05, 0.1) is 6.61 Å². The third-order valence-electron chi connectivity index (χ3n) is 2.99. The van der Waals surface area contributed by atoms with E-state index in [-0.39, 0.29) is 11.9 Å². The Hall–Kier alpha value is -1.88. The molecule has 5 heteroatoms. The van der Waals surface area contributed by atoms with Gasteiger partial charge in [0.25, 0.3) is 0 Å². The third-order valence-corrected chi connectivity index (χ3v) is 2.99. The minimum atomic E-state index is -0.545. The van der Waals surface area contributed by atoms with E-state index in [1.165, 1.54) is 0 Å². The lowest BCUT2D eigenvalue weighted by molar-refractivity contribution is -0.157. The Labute approximate surface area is 138 Å². The lowest BCUT2D eigenvalue weighted by atomic mass is 10.1. The first-order valence-electron chi connectivity index (χ1n) is 8.00. The molecule has 0 aliphatic carbocycles. The summed E-state index contributed by atoms with van der Waals surface area (Å²) in [5.41, 5.74) is 0.300. The molecule has 1 rings (SSSR count). The fourth-order valence-electron chi connectivity index (χ4n) is 2.06. The van der Waals surface area contributed by atoms with E-state index in [4.69, 9.17) is 9.47 Å². The molecule has 0 radical (unpaired) electrons. The van der Waals surface area contributed by atoms with Gasteiger partial charge >= 0.3 is 11.9 Å². The van der Waals surface area contributed by atoms with Crippen LogP contribution in [0.1, 0.15) is 52.1 Å². The number of benzene rings is 1. The predicted molar refractivity (Wildman–Crippen MR) is 88.9 cm³/mol. The molecule has 1 aromatic rings. The molecule has 0 aromatic heterocycles. The van der Waals surface area contributed by atoms with E-state index in [0.29, 0.717) is 26.0 Å². The number of hydrogen-bond acceptors (Lipinski definition) is 5. The van der Waals surface area contributed by atoms with Crippen molar-refractivity contribution >= 4 is 11.9 Å². The Bertz CT molecular complexity index is 493. The highest BCUT2D eigenvalue weighted by Gasteiger charge is 2.26. The van der Waals surface area contributed by atoms with Crippen LogP contribution in [0.15, 0.2) is 30.3 Å². The largest absolute Gasteiger partial charge is 0.466 e. The number of hydrogen-bond donors (Lipinski definition) is 1. The van der Waals surface area contributed by atoms with Crippen molar-refractivity contribution in [1.29, 1.82) is 0 Å². The Kier molecular flexibility index (Phi) is 7.75. The van der Waals surface area contributed by atoms with Crippen molar-refractivity contribution in [3.05, 3.63) is 35.9 Å². The predicted octanol–water partition coefficient (Wildman–Crippen LogP) is 3.00. The molecule has 5 nitrogen and oxygen atoms in total. The van der Waals surface area contributed by atoms with Crippen molar-refractivity contribution in [3.63, 3.8) is 0 Å². The summed E-state index contributed by atoms with van der Waals surface area (Å²) in [6, 6.07) is 8.88. The van der Waals surface area contributed by atoms with E-state index in [2.05, 4.69) is 5.32 Å². The molecule has 0 fully saturated rings. The van der Waals surface area contributed by atoms with Crippen LogP contribution < -0.4 is 5.32 Å². The molecule has 0 saturated carbocycles. The van der Waals surface area contributed by atoms with E-state index in [9.17, 15) is 9.59 Å². The number of rotatable bonds is 8. The van der Waals surface area contributed by atoms with Gasteiger partial charge in [-0.05, 0) is 46.2 Å². The van der Waals surface area contributed by atoms with Crippen LogP contribution >= 0.6 is 0 Å². The summed E-state index contributed by atoms with van der Waals surface area (Å²) in [6.07, 6.45) is 0.932. The van der Waals surface area contributed by atoms with Gasteiger partial charge in [-0.3, -0.25) is 4.79 Å². The van der Waals surface area contributed by atoms with Crippen LogP contribution in [0.5, 0.6) is 0 Å². The molecule has 0 bridgehead atoms. The topological polar surface area (TPSA) is 64.6 Å². The van der Waals surface area contributed by atoms with Gasteiger partial charge < -0.3 is 14.8 Å². The second kappa shape index (κ2) is 9.30. The summed E-state index contributed by atoms with van der Waals surface area (Å²) in [7, 11) is 0. The SMILES string of the molecule is CCOC(=O)CCCNC(C(=O)OC(C)(C)C)c1ccccc1. The van der Waals surface area contributed by atoms with Crippen LogP contribution in [0.25, 0.3) is 0 Å². The summed E-state index contributed by atoms with van der Waals surface area (Å²) < 4.78 is 10.4. The first-order chi connectivity index (χ1) is 10.8. The standard InChI is InChI=1S/C18H27NO4/c1-5-22-15(20)12-9-13-19-16(14-10-7-6-8-11-14)17(21)23-18(2,3)4/h6-8,10-11,16,19H,5,9,12-13H2,1-4H3. The molecule has 0 aliphatic heterocycles. The van der Waals surface area contributed by atoms with Gasteiger partial charge in [-0.25, -0.2) is 4.79 Å². The van der Waals surface area contributed by atoms with Crippen LogP contribution in [0.2, 0.25) is 0 Å². The van der Waals surface area contributed by atoms with Gasteiger partial charge in [-0.2, -0.15) is 0 Å². The summed E-state index contributed by atoms with van der Waals surface area (Å²) >= 11 is 0. The summed E-state index contributed by atoms with van der Waals surface area (Å²) in [4.78, 5) is 23.8. The second-order valence-electron chi connectivity index (χ2n) is 6.24. The van der Waals surface area contributed by atoms with Gasteiger partial charge in [-0.15, -0.1) is 0 Å². The summed E-state index contributed by atoms with van der Waals surface area (Å²) in [6.45, 7) is 8.22. The number of carbonyl (C=O) groups is 2. The van der Waals surface area contributed by atoms with Crippen molar-refractivity contribution in [2.24, 2.45) is 0 Å². The highest BCUT2D eigenvalue weighted by atomic mass is 16.6. The first kappa shape index (κ1) is 19.2. The lowest BCUT2D eigenvalue weighted by Crippen LogP contribution is -2.35. The van der Waals surface area contributed by atoms with Gasteiger partial charge in [0.2, 0.25) is 0 Å². The van der Waals surface area contributed by atoms with E-state index < -0.39 is 11.6 Å². The summed E-state index contributed by atoms with van der Waals surface area (Å²) in [5, 5.41) is 3.17. The van der Waals surface area contributed by atoms with Crippen LogP contribution in [0.3, 0.4) is 0 Å². The highest BCUT2D eigenvalue weighted by Crippen LogP contribution is 2.18. The second-order valence-corrected chi connectivity index (χ2v) is 6.24. The van der Waals surface area contributed by atoms with Gasteiger partial charge in [0.1, 0.15) is 11.6 Å². The fraction of sp³-hybridized carbons (Fsp3) is 0.556. The Morgan fingerprint density at radius 2 is 1.83 bits per heavy atom. The Morgan fingerprint density at radius 3 is 2.39 bits per heavy atom. The minimum Gasteiger partial charge on any atom is -0.466 e. The van der Waals surface area contributed by atoms with E-state index >= 15 is 0 Å². The fourth-order valence-corrected chi connectivity index (χ4v) is 2.06. The molecule has 0 saturated heterocycles. The van der Waals surface area contributed by atoms with Crippen LogP contribution in [0.4, 0.5) is 0 Å². The zero-order valence-electron chi connectivity index (χ0n) is 14.4. The number of nitrogens with one attached hydrogen (secondary N) is 1. The average molecular weight is 321 g/mol. The molecular formula is C18H27NO4. The molecule has 1 aromatic carbocycles. The quantitative estimate of drug-likeness (QED) is 0.589. The lowest BCUT2D eigenvalue weighted by Gasteiger charge is -2.25. The number of carbonyl (C=O) groups excluding carboxylic acids is 2. The molecule has 0 spiro atoms. The van der Waals surface area contributed by atoms with Crippen molar-refractivity contribution in [2.75, 3.05) is 13.2 Å². The van der Waals surface area contributed by atoms with E-state index in [1.54, 1.807) is 6.92 Å². The minimum absolute atomic E-state index is 0.220. The maximum Gasteiger partial charge on any atom is 0.328 e. The van der Waals surface area contributed by atoms with E-state index in [1.807, 2.05) is 51.1 Å². The monoisotopic (exact) mass is 321 g/mol. The molecule has 23 heavy (non-hydrogen) atoms. The van der Waals surface area contributed by atoms with Crippen molar-refractivity contribution < 1.29 is 19.1 Å². The zero-order valence-corrected chi connectivity index (χ0v) is 14.4. The molecule has 1 N–H and O–H groups in total. The Balaban J connectivity index is 2.62. The maximum atomic E-state index is 12.4. The molecule has 1 unspecified atom stereocenters. The zero-order chi connectivity index (χ0) is 17.3. The molecule has 128 valence electrons.